The van der Waals surface area contributed by atoms with Gasteiger partial charge in [-0.05, 0) is 88.1 Å². The van der Waals surface area contributed by atoms with Crippen LogP contribution in [0.3, 0.4) is 0 Å². The zero-order valence-corrected chi connectivity index (χ0v) is 18.5. The van der Waals surface area contributed by atoms with E-state index in [0.717, 1.165) is 40.0 Å². The third-order valence-corrected chi connectivity index (χ3v) is 4.49. The second kappa shape index (κ2) is 11.4. The average Bonchev–Trinajstić information content (AvgIpc) is 2.57. The Bertz CT molecular complexity index is 822. The fraction of sp³-hybridized carbons (Fsp3) is 0.417. The van der Waals surface area contributed by atoms with Crippen molar-refractivity contribution in [2.75, 3.05) is 20.3 Å². The van der Waals surface area contributed by atoms with Gasteiger partial charge < -0.3 is 14.6 Å². The number of carbonyl (C=O) groups is 2. The normalized spacial score (nSPS) is 10.2. The highest BCUT2D eigenvalue weighted by atomic mass is 16.5. The highest BCUT2D eigenvalue weighted by molar-refractivity contribution is 5.97. The first-order valence-corrected chi connectivity index (χ1v) is 9.63. The number of benzene rings is 2. The van der Waals surface area contributed by atoms with E-state index in [1.807, 2.05) is 39.8 Å². The first kappa shape index (κ1) is 24.4. The smallest absolute Gasteiger partial charge is 0.160 e. The Labute approximate surface area is 173 Å². The molecular formula is C24H32O5. The van der Waals surface area contributed by atoms with Crippen molar-refractivity contribution in [2.24, 2.45) is 0 Å². The van der Waals surface area contributed by atoms with Gasteiger partial charge in [0.2, 0.25) is 0 Å². The number of hydrogen-bond donors (Lipinski definition) is 1. The third kappa shape index (κ3) is 7.35. The molecule has 5 nitrogen and oxygen atoms in total. The van der Waals surface area contributed by atoms with Crippen molar-refractivity contribution in [3.8, 4) is 11.5 Å². The molecule has 0 fully saturated rings. The quantitative estimate of drug-likeness (QED) is 0.515. The van der Waals surface area contributed by atoms with Crippen molar-refractivity contribution in [1.29, 1.82) is 0 Å². The van der Waals surface area contributed by atoms with Crippen LogP contribution in [0.5, 0.6) is 11.5 Å². The molecule has 0 atom stereocenters. The van der Waals surface area contributed by atoms with Gasteiger partial charge in [0.1, 0.15) is 11.5 Å². The van der Waals surface area contributed by atoms with Crippen molar-refractivity contribution in [3.63, 3.8) is 0 Å². The standard InChI is InChI=1S/C14H20O3.C10H12O2/c1-10-8-13(17-7-5-6-16-4)9-11(2)14(10)12(3)15;1-6-4-9(12)5-7(2)10(6)8(3)11/h8-9H,5-7H2,1-4H3;4-5,12H,1-3H3. The van der Waals surface area contributed by atoms with Gasteiger partial charge in [-0.1, -0.05) is 0 Å². The number of rotatable bonds is 7. The molecule has 2 aromatic carbocycles. The van der Waals surface area contributed by atoms with Gasteiger partial charge in [0.15, 0.2) is 11.6 Å². The maximum absolute atomic E-state index is 11.4. The molecule has 0 aliphatic carbocycles. The SMILES string of the molecule is CC(=O)c1c(C)cc(O)cc1C.COCCCOc1cc(C)c(C(C)=O)c(C)c1. The van der Waals surface area contributed by atoms with Crippen LogP contribution < -0.4 is 4.74 Å². The van der Waals surface area contributed by atoms with E-state index < -0.39 is 0 Å². The summed E-state index contributed by atoms with van der Waals surface area (Å²) in [5, 5.41) is 9.19. The number of carbonyl (C=O) groups excluding carboxylic acids is 2. The molecule has 0 saturated heterocycles. The number of Topliss-reactive ketones (excluding diaryl/α,β-unsaturated/α-hetero) is 2. The molecule has 0 aromatic heterocycles. The van der Waals surface area contributed by atoms with Gasteiger partial charge in [-0.15, -0.1) is 0 Å². The summed E-state index contributed by atoms with van der Waals surface area (Å²) >= 11 is 0. The molecule has 2 aromatic rings. The highest BCUT2D eigenvalue weighted by Gasteiger charge is 2.10. The van der Waals surface area contributed by atoms with Crippen LogP contribution in [0.15, 0.2) is 24.3 Å². The van der Waals surface area contributed by atoms with Crippen LogP contribution in [0.2, 0.25) is 0 Å². The largest absolute Gasteiger partial charge is 0.508 e. The van der Waals surface area contributed by atoms with E-state index in [1.54, 1.807) is 26.2 Å². The predicted octanol–water partition coefficient (Wildman–Crippen LogP) is 5.13. The zero-order chi connectivity index (χ0) is 22.1. The fourth-order valence-electron chi connectivity index (χ4n) is 3.45. The summed E-state index contributed by atoms with van der Waals surface area (Å²) < 4.78 is 10.6. The zero-order valence-electron chi connectivity index (χ0n) is 18.5. The molecule has 0 unspecified atom stereocenters. The van der Waals surface area contributed by atoms with Gasteiger partial charge in [0.25, 0.3) is 0 Å². The highest BCUT2D eigenvalue weighted by Crippen LogP contribution is 2.22. The van der Waals surface area contributed by atoms with Crippen LogP contribution in [0.4, 0.5) is 0 Å². The molecule has 0 radical (unpaired) electrons. The van der Waals surface area contributed by atoms with Gasteiger partial charge in [0.05, 0.1) is 6.61 Å². The third-order valence-electron chi connectivity index (χ3n) is 4.49. The maximum atomic E-state index is 11.4. The number of aromatic hydroxyl groups is 1. The van der Waals surface area contributed by atoms with Gasteiger partial charge >= 0.3 is 0 Å². The Kier molecular flexibility index (Phi) is 9.56. The lowest BCUT2D eigenvalue weighted by molar-refractivity contribution is 0.100. The van der Waals surface area contributed by atoms with E-state index in [1.165, 1.54) is 6.92 Å². The van der Waals surface area contributed by atoms with E-state index in [4.69, 9.17) is 9.47 Å². The Morgan fingerprint density at radius 1 is 0.793 bits per heavy atom. The summed E-state index contributed by atoms with van der Waals surface area (Å²) in [4.78, 5) is 22.6. The van der Waals surface area contributed by atoms with Crippen molar-refractivity contribution < 1.29 is 24.2 Å². The number of phenols is 1. The van der Waals surface area contributed by atoms with Crippen molar-refractivity contribution in [2.45, 2.75) is 48.0 Å². The van der Waals surface area contributed by atoms with Crippen LogP contribution >= 0.6 is 0 Å². The van der Waals surface area contributed by atoms with Gasteiger partial charge in [-0.2, -0.15) is 0 Å². The summed E-state index contributed by atoms with van der Waals surface area (Å²) in [6.07, 6.45) is 0.864. The molecule has 29 heavy (non-hydrogen) atoms. The molecule has 0 aliphatic rings. The number of hydrogen-bond acceptors (Lipinski definition) is 5. The molecule has 5 heteroatoms. The van der Waals surface area contributed by atoms with Gasteiger partial charge in [0, 0.05) is 31.3 Å². The second-order valence-corrected chi connectivity index (χ2v) is 7.19. The topological polar surface area (TPSA) is 72.8 Å². The van der Waals surface area contributed by atoms with E-state index in [2.05, 4.69) is 0 Å². The van der Waals surface area contributed by atoms with E-state index in [0.29, 0.717) is 18.8 Å². The maximum Gasteiger partial charge on any atom is 0.160 e. The molecule has 158 valence electrons. The summed E-state index contributed by atoms with van der Waals surface area (Å²) in [6, 6.07) is 7.03. The fourth-order valence-corrected chi connectivity index (χ4v) is 3.45. The van der Waals surface area contributed by atoms with Crippen molar-refractivity contribution in [3.05, 3.63) is 57.6 Å². The van der Waals surface area contributed by atoms with Crippen LogP contribution in [0.25, 0.3) is 0 Å². The molecule has 1 N–H and O–H groups in total. The molecule has 2 rings (SSSR count). The Morgan fingerprint density at radius 3 is 1.59 bits per heavy atom. The Hall–Kier alpha value is -2.66. The van der Waals surface area contributed by atoms with Crippen LogP contribution in [-0.4, -0.2) is 37.0 Å². The first-order valence-electron chi connectivity index (χ1n) is 9.63. The summed E-state index contributed by atoms with van der Waals surface area (Å²) in [5.74, 6) is 1.19. The second-order valence-electron chi connectivity index (χ2n) is 7.19. The number of methoxy groups -OCH3 is 1. The average molecular weight is 401 g/mol. The van der Waals surface area contributed by atoms with E-state index >= 15 is 0 Å². The lowest BCUT2D eigenvalue weighted by atomic mass is 9.99. The molecule has 0 saturated carbocycles. The summed E-state index contributed by atoms with van der Waals surface area (Å²) in [5.41, 5.74) is 5.13. The van der Waals surface area contributed by atoms with E-state index in [-0.39, 0.29) is 17.3 Å². The minimum absolute atomic E-state index is 0.0463. The predicted molar refractivity (Wildman–Crippen MR) is 115 cm³/mol. The minimum Gasteiger partial charge on any atom is -0.508 e. The Balaban J connectivity index is 0.000000308. The summed E-state index contributed by atoms with van der Waals surface area (Å²) in [7, 11) is 1.68. The molecule has 0 bridgehead atoms. The lowest BCUT2D eigenvalue weighted by Gasteiger charge is -2.11. The van der Waals surface area contributed by atoms with Crippen LogP contribution in [0.1, 0.15) is 63.2 Å². The lowest BCUT2D eigenvalue weighted by Crippen LogP contribution is -2.04. The van der Waals surface area contributed by atoms with Crippen molar-refractivity contribution >= 4 is 11.6 Å². The first-order chi connectivity index (χ1) is 13.6. The molecule has 0 amide bonds. The Morgan fingerprint density at radius 2 is 1.21 bits per heavy atom. The van der Waals surface area contributed by atoms with Crippen LogP contribution in [-0.2, 0) is 4.74 Å². The number of aryl methyl sites for hydroxylation is 4. The van der Waals surface area contributed by atoms with Gasteiger partial charge in [-0.3, -0.25) is 9.59 Å². The molecular weight excluding hydrogens is 368 g/mol. The van der Waals surface area contributed by atoms with Gasteiger partial charge in [-0.25, -0.2) is 0 Å². The number of ketones is 2. The number of phenolic OH excluding ortho intramolecular Hbond substituents is 1. The molecule has 0 spiro atoms. The number of ether oxygens (including phenoxy) is 2. The summed E-state index contributed by atoms with van der Waals surface area (Å²) in [6.45, 7) is 12.0. The molecule has 0 heterocycles. The monoisotopic (exact) mass is 400 g/mol. The van der Waals surface area contributed by atoms with Crippen molar-refractivity contribution in [1.82, 2.24) is 0 Å². The minimum atomic E-state index is 0.0463. The molecule has 0 aliphatic heterocycles. The van der Waals surface area contributed by atoms with Crippen LogP contribution in [0, 0.1) is 27.7 Å². The van der Waals surface area contributed by atoms with E-state index in [9.17, 15) is 14.7 Å².